The van der Waals surface area contributed by atoms with Crippen molar-refractivity contribution in [1.82, 2.24) is 25.1 Å². The predicted molar refractivity (Wildman–Crippen MR) is 150 cm³/mol. The molecule has 3 amide bonds. The minimum atomic E-state index is -1.15. The minimum Gasteiger partial charge on any atom is -0.481 e. The van der Waals surface area contributed by atoms with Gasteiger partial charge < -0.3 is 30.3 Å². The minimum absolute atomic E-state index is 0.0614. The number of nitrogens with one attached hydrogen (secondary N) is 2. The molecule has 0 aliphatic carbocycles. The summed E-state index contributed by atoms with van der Waals surface area (Å²) in [5.74, 6) is -2.21. The Hall–Kier alpha value is -5.07. The number of carbonyl (C=O) groups is 4. The van der Waals surface area contributed by atoms with E-state index in [0.29, 0.717) is 11.3 Å². The molecule has 4 rings (SSSR count). The molecule has 12 nitrogen and oxygen atoms in total. The number of carboxylic acid groups (broad SMARTS) is 1. The van der Waals surface area contributed by atoms with Crippen molar-refractivity contribution in [2.75, 3.05) is 38.1 Å². The fourth-order valence-electron chi connectivity index (χ4n) is 4.33. The van der Waals surface area contributed by atoms with Crippen LogP contribution in [0.3, 0.4) is 0 Å². The van der Waals surface area contributed by atoms with Crippen molar-refractivity contribution < 1.29 is 33.4 Å². The Morgan fingerprint density at radius 1 is 0.976 bits per heavy atom. The molecule has 0 spiro atoms. The van der Waals surface area contributed by atoms with Gasteiger partial charge in [-0.3, -0.25) is 14.4 Å². The summed E-state index contributed by atoms with van der Waals surface area (Å²) in [5.41, 5.74) is 1.10. The Morgan fingerprint density at radius 2 is 1.64 bits per heavy atom. The second kappa shape index (κ2) is 14.0. The summed E-state index contributed by atoms with van der Waals surface area (Å²) in [7, 11) is 0. The van der Waals surface area contributed by atoms with E-state index < -0.39 is 35.7 Å². The lowest BCUT2D eigenvalue weighted by atomic mass is 10.1. The lowest BCUT2D eigenvalue weighted by molar-refractivity contribution is -0.138. The molecule has 0 unspecified atom stereocenters. The van der Waals surface area contributed by atoms with Gasteiger partial charge in [-0.15, -0.1) is 0 Å². The number of aromatic nitrogens is 2. The average molecular weight is 579 g/mol. The first-order valence-corrected chi connectivity index (χ1v) is 13.4. The highest BCUT2D eigenvalue weighted by Crippen LogP contribution is 2.21. The van der Waals surface area contributed by atoms with Crippen molar-refractivity contribution in [2.24, 2.45) is 0 Å². The normalized spacial score (nSPS) is 13.7. The Balaban J connectivity index is 1.56. The maximum atomic E-state index is 13.5. The number of hydrogen-bond acceptors (Lipinski definition) is 8. The molecule has 42 heavy (non-hydrogen) atoms. The maximum Gasteiger partial charge on any atom is 0.409 e. The fraction of sp³-hybridized carbons (Fsp3) is 0.310. The summed E-state index contributed by atoms with van der Waals surface area (Å²) in [6, 6.07) is 14.8. The molecule has 3 N–H and O–H groups in total. The first kappa shape index (κ1) is 29.9. The molecule has 2 heterocycles. The standard InChI is InChI=1S/C29H31FN6O6/c1-2-42-29(41)36-16-14-35(15-17-36)28(40)22(12-13-25(37)38)33-27(39)23-18-24(31-21-10-8-20(30)9-11-21)34-26(32-23)19-6-4-3-5-7-19/h3-11,18,22H,2,12-17H2,1H3,(H,33,39)(H,37,38)(H,31,32,34)/t22-/m0/s1. The van der Waals surface area contributed by atoms with Gasteiger partial charge in [0.2, 0.25) is 5.91 Å². The molecule has 1 saturated heterocycles. The SMILES string of the molecule is CCOC(=O)N1CCN(C(=O)[C@H](CCC(=O)O)NC(=O)c2cc(Nc3ccc(F)cc3)nc(-c3ccccc3)n2)CC1. The Morgan fingerprint density at radius 3 is 2.29 bits per heavy atom. The van der Waals surface area contributed by atoms with Crippen molar-refractivity contribution in [3.8, 4) is 11.4 Å². The van der Waals surface area contributed by atoms with Crippen LogP contribution in [0.15, 0.2) is 60.7 Å². The van der Waals surface area contributed by atoms with Crippen LogP contribution >= 0.6 is 0 Å². The monoisotopic (exact) mass is 578 g/mol. The van der Waals surface area contributed by atoms with Crippen LogP contribution in [0.1, 0.15) is 30.3 Å². The zero-order valence-corrected chi connectivity index (χ0v) is 23.0. The number of aliphatic carboxylic acids is 1. The predicted octanol–water partition coefficient (Wildman–Crippen LogP) is 3.29. The summed E-state index contributed by atoms with van der Waals surface area (Å²) in [6.45, 7) is 2.83. The van der Waals surface area contributed by atoms with Gasteiger partial charge in [-0.1, -0.05) is 30.3 Å². The number of piperazine rings is 1. The van der Waals surface area contributed by atoms with Crippen LogP contribution < -0.4 is 10.6 Å². The van der Waals surface area contributed by atoms with Crippen LogP contribution in [0.4, 0.5) is 20.7 Å². The largest absolute Gasteiger partial charge is 0.481 e. The third-order valence-corrected chi connectivity index (χ3v) is 6.48. The molecular weight excluding hydrogens is 547 g/mol. The van der Waals surface area contributed by atoms with Crippen molar-refractivity contribution in [1.29, 1.82) is 0 Å². The van der Waals surface area contributed by atoms with Gasteiger partial charge in [0.05, 0.1) is 6.61 Å². The molecular formula is C29H31FN6O6. The van der Waals surface area contributed by atoms with Crippen LogP contribution in [0.25, 0.3) is 11.4 Å². The number of rotatable bonds is 10. The van der Waals surface area contributed by atoms with Gasteiger partial charge in [-0.2, -0.15) is 0 Å². The Kier molecular flexibility index (Phi) is 9.98. The van der Waals surface area contributed by atoms with E-state index in [2.05, 4.69) is 20.6 Å². The van der Waals surface area contributed by atoms with Crippen molar-refractivity contribution in [3.05, 3.63) is 72.2 Å². The summed E-state index contributed by atoms with van der Waals surface area (Å²) < 4.78 is 18.4. The smallest absolute Gasteiger partial charge is 0.409 e. The average Bonchev–Trinajstić information content (AvgIpc) is 3.00. The van der Waals surface area contributed by atoms with E-state index >= 15 is 0 Å². The van der Waals surface area contributed by atoms with E-state index in [-0.39, 0.29) is 63.0 Å². The van der Waals surface area contributed by atoms with Crippen molar-refractivity contribution >= 4 is 35.4 Å². The topological polar surface area (TPSA) is 154 Å². The number of carboxylic acids is 1. The van der Waals surface area contributed by atoms with Gasteiger partial charge in [0.1, 0.15) is 23.4 Å². The van der Waals surface area contributed by atoms with Crippen LogP contribution in [0.2, 0.25) is 0 Å². The number of amides is 3. The zero-order chi connectivity index (χ0) is 30.1. The quantitative estimate of drug-likeness (QED) is 0.329. The molecule has 13 heteroatoms. The number of halogens is 1. The molecule has 1 atom stereocenters. The van der Waals surface area contributed by atoms with E-state index in [9.17, 15) is 28.7 Å². The van der Waals surface area contributed by atoms with Crippen molar-refractivity contribution in [2.45, 2.75) is 25.8 Å². The summed E-state index contributed by atoms with van der Waals surface area (Å²) in [5, 5.41) is 14.9. The van der Waals surface area contributed by atoms with Gasteiger partial charge >= 0.3 is 12.1 Å². The Labute approximate surface area is 241 Å². The molecule has 0 saturated carbocycles. The molecule has 3 aromatic rings. The van der Waals surface area contributed by atoms with E-state index in [0.717, 1.165) is 0 Å². The summed E-state index contributed by atoms with van der Waals surface area (Å²) in [4.78, 5) is 62.1. The molecule has 0 radical (unpaired) electrons. The fourth-order valence-corrected chi connectivity index (χ4v) is 4.33. The highest BCUT2D eigenvalue weighted by molar-refractivity contribution is 5.97. The number of hydrogen-bond donors (Lipinski definition) is 3. The van der Waals surface area contributed by atoms with Gasteiger partial charge in [0, 0.05) is 49.9 Å². The second-order valence-corrected chi connectivity index (χ2v) is 9.43. The maximum absolute atomic E-state index is 13.5. The summed E-state index contributed by atoms with van der Waals surface area (Å²) >= 11 is 0. The lowest BCUT2D eigenvalue weighted by Gasteiger charge is -2.35. The molecule has 2 aromatic carbocycles. The molecule has 1 aliphatic rings. The molecule has 1 aromatic heterocycles. The van der Waals surface area contributed by atoms with Crippen LogP contribution in [-0.4, -0.2) is 87.6 Å². The second-order valence-electron chi connectivity index (χ2n) is 9.43. The number of nitrogens with zero attached hydrogens (tertiary/aromatic N) is 4. The molecule has 1 fully saturated rings. The van der Waals surface area contributed by atoms with Crippen LogP contribution in [0, 0.1) is 5.82 Å². The number of carbonyl (C=O) groups excluding carboxylic acids is 3. The highest BCUT2D eigenvalue weighted by Gasteiger charge is 2.31. The third kappa shape index (κ3) is 7.99. The highest BCUT2D eigenvalue weighted by atomic mass is 19.1. The third-order valence-electron chi connectivity index (χ3n) is 6.48. The Bertz CT molecular complexity index is 1410. The molecule has 1 aliphatic heterocycles. The first-order valence-electron chi connectivity index (χ1n) is 13.4. The van der Waals surface area contributed by atoms with E-state index in [1.165, 1.54) is 40.1 Å². The number of ether oxygens (including phenoxy) is 1. The number of anilines is 2. The van der Waals surface area contributed by atoms with Crippen LogP contribution in [0.5, 0.6) is 0 Å². The molecule has 220 valence electrons. The lowest BCUT2D eigenvalue weighted by Crippen LogP contribution is -2.56. The van der Waals surface area contributed by atoms with Gasteiger partial charge in [0.25, 0.3) is 5.91 Å². The first-order chi connectivity index (χ1) is 20.2. The van der Waals surface area contributed by atoms with E-state index in [1.54, 1.807) is 31.2 Å². The number of benzene rings is 2. The van der Waals surface area contributed by atoms with Gasteiger partial charge in [-0.05, 0) is 37.6 Å². The van der Waals surface area contributed by atoms with Crippen LogP contribution in [-0.2, 0) is 14.3 Å². The van der Waals surface area contributed by atoms with Gasteiger partial charge in [-0.25, -0.2) is 19.2 Å². The summed E-state index contributed by atoms with van der Waals surface area (Å²) in [6.07, 6.45) is -0.964. The van der Waals surface area contributed by atoms with Crippen molar-refractivity contribution in [3.63, 3.8) is 0 Å². The molecule has 0 bridgehead atoms. The zero-order valence-electron chi connectivity index (χ0n) is 23.0. The van der Waals surface area contributed by atoms with Gasteiger partial charge in [0.15, 0.2) is 5.82 Å². The van der Waals surface area contributed by atoms with E-state index in [1.807, 2.05) is 6.07 Å². The van der Waals surface area contributed by atoms with E-state index in [4.69, 9.17) is 4.74 Å².